The van der Waals surface area contributed by atoms with E-state index >= 15 is 0 Å². The molecular formula is C18H35N5O7S. The molecule has 0 aliphatic carbocycles. The first kappa shape index (κ1) is 29.1. The van der Waals surface area contributed by atoms with Crippen LogP contribution in [0.2, 0.25) is 0 Å². The highest BCUT2D eigenvalue weighted by Crippen LogP contribution is 2.06. The van der Waals surface area contributed by atoms with Gasteiger partial charge in [0, 0.05) is 0 Å². The molecule has 10 N–H and O–H groups in total. The molecule has 0 aromatic carbocycles. The highest BCUT2D eigenvalue weighted by molar-refractivity contribution is 7.98. The van der Waals surface area contributed by atoms with Crippen LogP contribution >= 0.6 is 11.8 Å². The smallest absolute Gasteiger partial charge is 0.326 e. The molecule has 31 heavy (non-hydrogen) atoms. The maximum Gasteiger partial charge on any atom is 0.326 e. The Kier molecular flexibility index (Phi) is 14.8. The van der Waals surface area contributed by atoms with Crippen molar-refractivity contribution in [3.05, 3.63) is 0 Å². The molecule has 0 fully saturated rings. The molecular weight excluding hydrogens is 430 g/mol. The number of carboxylic acids is 1. The number of rotatable bonds is 16. The van der Waals surface area contributed by atoms with Crippen molar-refractivity contribution in [2.24, 2.45) is 11.5 Å². The van der Waals surface area contributed by atoms with Crippen LogP contribution in [-0.2, 0) is 19.2 Å². The number of nitrogens with one attached hydrogen (secondary N) is 3. The van der Waals surface area contributed by atoms with Crippen molar-refractivity contribution in [3.63, 3.8) is 0 Å². The molecule has 12 nitrogen and oxygen atoms in total. The zero-order valence-corrected chi connectivity index (χ0v) is 18.7. The molecule has 0 rings (SSSR count). The molecule has 5 unspecified atom stereocenters. The maximum absolute atomic E-state index is 12.7. The lowest BCUT2D eigenvalue weighted by Gasteiger charge is -2.24. The Balaban J connectivity index is 5.24. The Morgan fingerprint density at radius 2 is 1.48 bits per heavy atom. The summed E-state index contributed by atoms with van der Waals surface area (Å²) in [5.41, 5.74) is 11.0. The number of thioether (sulfide) groups is 1. The van der Waals surface area contributed by atoms with Gasteiger partial charge in [0.25, 0.3) is 0 Å². The molecule has 180 valence electrons. The van der Waals surface area contributed by atoms with Crippen molar-refractivity contribution >= 4 is 35.5 Å². The zero-order chi connectivity index (χ0) is 24.0. The van der Waals surface area contributed by atoms with Gasteiger partial charge in [0.2, 0.25) is 17.7 Å². The van der Waals surface area contributed by atoms with Gasteiger partial charge in [-0.1, -0.05) is 0 Å². The molecule has 0 saturated heterocycles. The second-order valence-corrected chi connectivity index (χ2v) is 8.02. The largest absolute Gasteiger partial charge is 0.480 e. The highest BCUT2D eigenvalue weighted by Gasteiger charge is 2.30. The summed E-state index contributed by atoms with van der Waals surface area (Å²) in [6.45, 7) is 0.902. The Hall–Kier alpha value is -1.93. The molecule has 0 aromatic rings. The number of carbonyl (C=O) groups is 4. The summed E-state index contributed by atoms with van der Waals surface area (Å²) in [7, 11) is 0. The number of nitrogens with two attached hydrogens (primary N) is 2. The molecule has 0 bridgehead atoms. The number of hydrogen-bond donors (Lipinski definition) is 8. The molecule has 0 aromatic heterocycles. The molecule has 0 aliphatic rings. The monoisotopic (exact) mass is 465 g/mol. The first-order chi connectivity index (χ1) is 14.6. The molecule has 0 saturated carbocycles. The standard InChI is InChI=1S/C18H35N5O7S/c1-10(25)14(20)17(28)23-13(9-24)16(27)21-11(5-3-4-7-19)15(26)22-12(18(29)30)6-8-31-2/h10-14,24-25H,3-9,19-20H2,1-2H3,(H,21,27)(H,22,26)(H,23,28)(H,29,30). The number of hydrogen-bond acceptors (Lipinski definition) is 9. The lowest BCUT2D eigenvalue weighted by Crippen LogP contribution is -2.59. The number of carboxylic acid groups (broad SMARTS) is 1. The van der Waals surface area contributed by atoms with Crippen LogP contribution in [0, 0.1) is 0 Å². The van der Waals surface area contributed by atoms with Crippen molar-refractivity contribution in [1.82, 2.24) is 16.0 Å². The van der Waals surface area contributed by atoms with Crippen LogP contribution in [0.4, 0.5) is 0 Å². The van der Waals surface area contributed by atoms with Crippen molar-refractivity contribution < 1.29 is 34.5 Å². The van der Waals surface area contributed by atoms with Crippen LogP contribution in [0.25, 0.3) is 0 Å². The zero-order valence-electron chi connectivity index (χ0n) is 17.9. The molecule has 3 amide bonds. The number of carbonyl (C=O) groups excluding carboxylic acids is 3. The first-order valence-electron chi connectivity index (χ1n) is 9.96. The van der Waals surface area contributed by atoms with E-state index in [-0.39, 0.29) is 12.8 Å². The van der Waals surface area contributed by atoms with Crippen molar-refractivity contribution in [2.75, 3.05) is 25.2 Å². The summed E-state index contributed by atoms with van der Waals surface area (Å²) < 4.78 is 0. The van der Waals surface area contributed by atoms with E-state index in [1.807, 2.05) is 6.26 Å². The van der Waals surface area contributed by atoms with E-state index in [1.54, 1.807) is 0 Å². The van der Waals surface area contributed by atoms with Gasteiger partial charge in [-0.2, -0.15) is 11.8 Å². The van der Waals surface area contributed by atoms with E-state index in [0.29, 0.717) is 25.1 Å². The van der Waals surface area contributed by atoms with Crippen LogP contribution < -0.4 is 27.4 Å². The van der Waals surface area contributed by atoms with Gasteiger partial charge in [-0.3, -0.25) is 14.4 Å². The number of aliphatic carboxylic acids is 1. The fourth-order valence-corrected chi connectivity index (χ4v) is 2.95. The third-order valence-electron chi connectivity index (χ3n) is 4.44. The van der Waals surface area contributed by atoms with Gasteiger partial charge in [-0.05, 0) is 51.2 Å². The molecule has 0 heterocycles. The summed E-state index contributed by atoms with van der Waals surface area (Å²) in [6, 6.07) is -4.93. The normalized spacial score (nSPS) is 15.8. The average Bonchev–Trinajstić information content (AvgIpc) is 2.72. The molecule has 13 heteroatoms. The summed E-state index contributed by atoms with van der Waals surface area (Å²) in [5.74, 6) is -3.07. The van der Waals surface area contributed by atoms with Gasteiger partial charge < -0.3 is 42.7 Å². The molecule has 0 spiro atoms. The van der Waals surface area contributed by atoms with E-state index < -0.39 is 60.6 Å². The van der Waals surface area contributed by atoms with E-state index in [0.717, 1.165) is 0 Å². The van der Waals surface area contributed by atoms with E-state index in [1.165, 1.54) is 18.7 Å². The summed E-state index contributed by atoms with van der Waals surface area (Å²) in [5, 5.41) is 35.2. The predicted molar refractivity (Wildman–Crippen MR) is 116 cm³/mol. The van der Waals surface area contributed by atoms with Crippen LogP contribution in [0.15, 0.2) is 0 Å². The summed E-state index contributed by atoms with van der Waals surface area (Å²) in [6.07, 6.45) is 2.09. The minimum atomic E-state index is -1.41. The number of aliphatic hydroxyl groups is 2. The Morgan fingerprint density at radius 1 is 0.935 bits per heavy atom. The Morgan fingerprint density at radius 3 is 1.97 bits per heavy atom. The van der Waals surface area contributed by atoms with Crippen LogP contribution in [0.3, 0.4) is 0 Å². The van der Waals surface area contributed by atoms with Crippen LogP contribution in [-0.4, -0.2) is 94.4 Å². The van der Waals surface area contributed by atoms with Gasteiger partial charge in [0.05, 0.1) is 12.7 Å². The van der Waals surface area contributed by atoms with Gasteiger partial charge in [-0.15, -0.1) is 0 Å². The average molecular weight is 466 g/mol. The SMILES string of the molecule is CSCCC(NC(=O)C(CCCCN)NC(=O)C(CO)NC(=O)C(N)C(C)O)C(=O)O. The topological polar surface area (TPSA) is 217 Å². The van der Waals surface area contributed by atoms with Gasteiger partial charge >= 0.3 is 5.97 Å². The molecule has 0 aliphatic heterocycles. The fourth-order valence-electron chi connectivity index (χ4n) is 2.48. The van der Waals surface area contributed by atoms with Gasteiger partial charge in [0.15, 0.2) is 0 Å². The third kappa shape index (κ3) is 11.3. The van der Waals surface area contributed by atoms with Crippen molar-refractivity contribution in [2.45, 2.75) is 62.9 Å². The van der Waals surface area contributed by atoms with Crippen LogP contribution in [0.1, 0.15) is 32.6 Å². The lowest BCUT2D eigenvalue weighted by atomic mass is 10.1. The highest BCUT2D eigenvalue weighted by atomic mass is 32.2. The second-order valence-electron chi connectivity index (χ2n) is 7.04. The summed E-state index contributed by atoms with van der Waals surface area (Å²) in [4.78, 5) is 48.5. The fraction of sp³-hybridized carbons (Fsp3) is 0.778. The Bertz CT molecular complexity index is 594. The maximum atomic E-state index is 12.7. The predicted octanol–water partition coefficient (Wildman–Crippen LogP) is -2.89. The minimum Gasteiger partial charge on any atom is -0.480 e. The van der Waals surface area contributed by atoms with E-state index in [9.17, 15) is 34.5 Å². The summed E-state index contributed by atoms with van der Waals surface area (Å²) >= 11 is 1.43. The molecule has 5 atom stereocenters. The number of amides is 3. The molecule has 0 radical (unpaired) electrons. The van der Waals surface area contributed by atoms with E-state index in [2.05, 4.69) is 16.0 Å². The lowest BCUT2D eigenvalue weighted by molar-refractivity contribution is -0.142. The van der Waals surface area contributed by atoms with Crippen LogP contribution in [0.5, 0.6) is 0 Å². The first-order valence-corrected chi connectivity index (χ1v) is 11.4. The third-order valence-corrected chi connectivity index (χ3v) is 5.09. The number of aliphatic hydroxyl groups excluding tert-OH is 2. The van der Waals surface area contributed by atoms with Crippen molar-refractivity contribution in [3.8, 4) is 0 Å². The van der Waals surface area contributed by atoms with E-state index in [4.69, 9.17) is 11.5 Å². The number of unbranched alkanes of at least 4 members (excludes halogenated alkanes) is 1. The van der Waals surface area contributed by atoms with Crippen molar-refractivity contribution in [1.29, 1.82) is 0 Å². The quantitative estimate of drug-likeness (QED) is 0.109. The second kappa shape index (κ2) is 15.8. The van der Waals surface area contributed by atoms with Gasteiger partial charge in [-0.25, -0.2) is 4.79 Å². The minimum absolute atomic E-state index is 0.183. The Labute approximate surface area is 185 Å². The van der Waals surface area contributed by atoms with Gasteiger partial charge in [0.1, 0.15) is 24.2 Å².